The molecule has 2 aliphatic rings. The fraction of sp³-hybridized carbons (Fsp3) is 0.333. The van der Waals surface area contributed by atoms with E-state index in [4.69, 9.17) is 0 Å². The van der Waals surface area contributed by atoms with Crippen LogP contribution in [0.1, 0.15) is 47.2 Å². The molecule has 23 heavy (non-hydrogen) atoms. The zero-order valence-corrected chi connectivity index (χ0v) is 14.0. The van der Waals surface area contributed by atoms with Crippen molar-refractivity contribution in [1.29, 1.82) is 0 Å². The highest BCUT2D eigenvalue weighted by Gasteiger charge is 2.24. The molecule has 0 amide bonds. The van der Waals surface area contributed by atoms with E-state index < -0.39 is 0 Å². The predicted molar refractivity (Wildman–Crippen MR) is 96.9 cm³/mol. The van der Waals surface area contributed by atoms with Crippen molar-refractivity contribution in [3.8, 4) is 0 Å². The summed E-state index contributed by atoms with van der Waals surface area (Å²) in [5.74, 6) is 0.874. The predicted octanol–water partition coefficient (Wildman–Crippen LogP) is 4.97. The number of aryl methyl sites for hydroxylation is 1. The topological polar surface area (TPSA) is 19.0 Å². The number of rotatable bonds is 3. The molecule has 1 aromatic heterocycles. The molecule has 2 heteroatoms. The van der Waals surface area contributed by atoms with Crippen molar-refractivity contribution in [2.75, 3.05) is 7.05 Å². The van der Waals surface area contributed by atoms with Gasteiger partial charge in [0.15, 0.2) is 0 Å². The standard InChI is InChI=1S/C21H24N2/c1-14-7-8-17(12-16-5-4-6-16)19(11-14)20-13-23(3)15(2)21-18(20)9-10-22-21/h7-11,13,16,22H,2,4-6,12H2,1,3H3. The zero-order valence-electron chi connectivity index (χ0n) is 14.0. The van der Waals surface area contributed by atoms with Crippen LogP contribution in [0.15, 0.2) is 43.2 Å². The van der Waals surface area contributed by atoms with Crippen molar-refractivity contribution < 1.29 is 0 Å². The summed E-state index contributed by atoms with van der Waals surface area (Å²) >= 11 is 0. The third-order valence-electron chi connectivity index (χ3n) is 5.36. The fourth-order valence-electron chi connectivity index (χ4n) is 3.69. The summed E-state index contributed by atoms with van der Waals surface area (Å²) in [5, 5.41) is 0. The summed E-state index contributed by atoms with van der Waals surface area (Å²) in [6.45, 7) is 6.38. The van der Waals surface area contributed by atoms with Crippen molar-refractivity contribution >= 4 is 11.3 Å². The van der Waals surface area contributed by atoms with Crippen LogP contribution >= 0.6 is 0 Å². The molecular weight excluding hydrogens is 280 g/mol. The number of nitrogens with zero attached hydrogens (tertiary/aromatic N) is 1. The largest absolute Gasteiger partial charge is 0.359 e. The van der Waals surface area contributed by atoms with Crippen LogP contribution in [-0.4, -0.2) is 16.9 Å². The van der Waals surface area contributed by atoms with Gasteiger partial charge in [0.05, 0.1) is 11.4 Å². The Kier molecular flexibility index (Phi) is 3.41. The van der Waals surface area contributed by atoms with Gasteiger partial charge in [0.25, 0.3) is 0 Å². The Balaban J connectivity index is 1.82. The van der Waals surface area contributed by atoms with Crippen molar-refractivity contribution in [2.45, 2.75) is 32.6 Å². The van der Waals surface area contributed by atoms with Gasteiger partial charge in [0.2, 0.25) is 0 Å². The number of aromatic amines is 1. The fourth-order valence-corrected chi connectivity index (χ4v) is 3.69. The van der Waals surface area contributed by atoms with Gasteiger partial charge in [-0.25, -0.2) is 0 Å². The number of aromatic nitrogens is 1. The lowest BCUT2D eigenvalue weighted by molar-refractivity contribution is 0.314. The number of hydrogen-bond donors (Lipinski definition) is 1. The van der Waals surface area contributed by atoms with E-state index in [2.05, 4.69) is 60.9 Å². The molecule has 0 unspecified atom stereocenters. The molecule has 1 aliphatic heterocycles. The lowest BCUT2D eigenvalue weighted by atomic mass is 9.78. The maximum atomic E-state index is 4.20. The van der Waals surface area contributed by atoms with E-state index in [9.17, 15) is 0 Å². The van der Waals surface area contributed by atoms with Gasteiger partial charge in [0, 0.05) is 30.6 Å². The van der Waals surface area contributed by atoms with Gasteiger partial charge in [-0.05, 0) is 36.5 Å². The second-order valence-electron chi connectivity index (χ2n) is 7.03. The van der Waals surface area contributed by atoms with Crippen molar-refractivity contribution in [3.63, 3.8) is 0 Å². The van der Waals surface area contributed by atoms with Crippen molar-refractivity contribution in [1.82, 2.24) is 9.88 Å². The Morgan fingerprint density at radius 3 is 2.78 bits per heavy atom. The quantitative estimate of drug-likeness (QED) is 0.848. The van der Waals surface area contributed by atoms with Crippen LogP contribution in [-0.2, 0) is 6.42 Å². The summed E-state index contributed by atoms with van der Waals surface area (Å²) in [4.78, 5) is 5.48. The molecule has 2 heterocycles. The lowest BCUT2D eigenvalue weighted by Gasteiger charge is -2.29. The van der Waals surface area contributed by atoms with E-state index in [1.807, 2.05) is 6.20 Å². The number of benzene rings is 1. The normalized spacial score (nSPS) is 17.7. The second kappa shape index (κ2) is 5.45. The van der Waals surface area contributed by atoms with E-state index >= 15 is 0 Å². The summed E-state index contributed by atoms with van der Waals surface area (Å²) in [5.41, 5.74) is 8.95. The third kappa shape index (κ3) is 2.42. The molecule has 2 aromatic rings. The van der Waals surface area contributed by atoms with Gasteiger partial charge < -0.3 is 9.88 Å². The Labute approximate surface area is 138 Å². The Morgan fingerprint density at radius 2 is 2.04 bits per heavy atom. The molecular formula is C21H24N2. The summed E-state index contributed by atoms with van der Waals surface area (Å²) in [7, 11) is 2.08. The molecule has 0 atom stereocenters. The van der Waals surface area contributed by atoms with Crippen LogP contribution in [0.4, 0.5) is 0 Å². The number of fused-ring (bicyclic) bond motifs is 1. The van der Waals surface area contributed by atoms with Crippen LogP contribution in [0.5, 0.6) is 0 Å². The van der Waals surface area contributed by atoms with E-state index in [1.165, 1.54) is 53.5 Å². The van der Waals surface area contributed by atoms with Gasteiger partial charge in [-0.1, -0.05) is 49.6 Å². The first-order valence-corrected chi connectivity index (χ1v) is 8.55. The third-order valence-corrected chi connectivity index (χ3v) is 5.36. The minimum Gasteiger partial charge on any atom is -0.359 e. The SMILES string of the molecule is C=C1c2[nH]ccc2C(c2cc(C)ccc2CC2CCC2)=CN1C. The van der Waals surface area contributed by atoms with E-state index in [1.54, 1.807) is 0 Å². The molecule has 1 N–H and O–H groups in total. The second-order valence-corrected chi connectivity index (χ2v) is 7.03. The highest BCUT2D eigenvalue weighted by atomic mass is 15.1. The zero-order chi connectivity index (χ0) is 16.0. The molecule has 2 nitrogen and oxygen atoms in total. The smallest absolute Gasteiger partial charge is 0.0695 e. The van der Waals surface area contributed by atoms with Crippen LogP contribution < -0.4 is 0 Å². The highest BCUT2D eigenvalue weighted by Crippen LogP contribution is 2.39. The summed E-state index contributed by atoms with van der Waals surface area (Å²) in [6.07, 6.45) is 9.63. The van der Waals surface area contributed by atoms with Crippen LogP contribution in [0, 0.1) is 12.8 Å². The summed E-state index contributed by atoms with van der Waals surface area (Å²) < 4.78 is 0. The highest BCUT2D eigenvalue weighted by molar-refractivity contribution is 5.90. The van der Waals surface area contributed by atoms with Crippen LogP contribution in [0.2, 0.25) is 0 Å². The average molecular weight is 304 g/mol. The van der Waals surface area contributed by atoms with Gasteiger partial charge in [-0.2, -0.15) is 0 Å². The van der Waals surface area contributed by atoms with Crippen molar-refractivity contribution in [2.24, 2.45) is 5.92 Å². The molecule has 1 aliphatic carbocycles. The van der Waals surface area contributed by atoms with E-state index in [0.717, 1.165) is 17.3 Å². The Bertz CT molecular complexity index is 790. The molecule has 1 saturated carbocycles. The molecule has 118 valence electrons. The molecule has 0 radical (unpaired) electrons. The first kappa shape index (κ1) is 14.4. The molecule has 0 saturated heterocycles. The number of hydrogen-bond acceptors (Lipinski definition) is 1. The Hall–Kier alpha value is -2.22. The monoisotopic (exact) mass is 304 g/mol. The molecule has 1 fully saturated rings. The average Bonchev–Trinajstić information content (AvgIpc) is 2.97. The summed E-state index contributed by atoms with van der Waals surface area (Å²) in [6, 6.07) is 9.11. The molecule has 4 rings (SSSR count). The van der Waals surface area contributed by atoms with Gasteiger partial charge >= 0.3 is 0 Å². The number of nitrogens with one attached hydrogen (secondary N) is 1. The van der Waals surface area contributed by atoms with Crippen molar-refractivity contribution in [3.05, 3.63) is 71.2 Å². The molecule has 0 spiro atoms. The van der Waals surface area contributed by atoms with Gasteiger partial charge in [-0.3, -0.25) is 0 Å². The maximum absolute atomic E-state index is 4.20. The maximum Gasteiger partial charge on any atom is 0.0695 e. The lowest BCUT2D eigenvalue weighted by Crippen LogP contribution is -2.17. The number of H-pyrrole nitrogens is 1. The van der Waals surface area contributed by atoms with Crippen LogP contribution in [0.25, 0.3) is 11.3 Å². The first-order chi connectivity index (χ1) is 11.1. The van der Waals surface area contributed by atoms with E-state index in [-0.39, 0.29) is 0 Å². The van der Waals surface area contributed by atoms with Gasteiger partial charge in [-0.15, -0.1) is 0 Å². The first-order valence-electron chi connectivity index (χ1n) is 8.55. The van der Waals surface area contributed by atoms with Crippen LogP contribution in [0.3, 0.4) is 0 Å². The minimum absolute atomic E-state index is 0.874. The minimum atomic E-state index is 0.874. The molecule has 1 aromatic carbocycles. The van der Waals surface area contributed by atoms with Gasteiger partial charge in [0.1, 0.15) is 0 Å². The van der Waals surface area contributed by atoms with E-state index in [0.29, 0.717) is 0 Å². The molecule has 0 bridgehead atoms. The Morgan fingerprint density at radius 1 is 1.22 bits per heavy atom.